The lowest BCUT2D eigenvalue weighted by molar-refractivity contribution is -0.123. The topological polar surface area (TPSA) is 54.5 Å². The Bertz CT molecular complexity index is 708. The molecular formula is C22H29N3O2. The van der Waals surface area contributed by atoms with E-state index in [9.17, 15) is 4.79 Å². The van der Waals surface area contributed by atoms with Crippen molar-refractivity contribution in [2.45, 2.75) is 32.6 Å². The van der Waals surface area contributed by atoms with Crippen molar-refractivity contribution in [3.63, 3.8) is 0 Å². The Balaban J connectivity index is 1.35. The second-order valence-corrected chi connectivity index (χ2v) is 7.46. The number of aromatic nitrogens is 1. The van der Waals surface area contributed by atoms with Crippen molar-refractivity contribution in [3.05, 3.63) is 54.4 Å². The highest BCUT2D eigenvalue weighted by Crippen LogP contribution is 2.22. The Morgan fingerprint density at radius 1 is 1.22 bits per heavy atom. The maximum absolute atomic E-state index is 12.1. The third kappa shape index (κ3) is 5.71. The van der Waals surface area contributed by atoms with Crippen LogP contribution < -0.4 is 15.0 Å². The van der Waals surface area contributed by atoms with Gasteiger partial charge in [0.15, 0.2) is 6.61 Å². The number of anilines is 1. The zero-order valence-corrected chi connectivity index (χ0v) is 16.2. The molecular weight excluding hydrogens is 338 g/mol. The van der Waals surface area contributed by atoms with Crippen molar-refractivity contribution in [2.24, 2.45) is 5.92 Å². The lowest BCUT2D eigenvalue weighted by Crippen LogP contribution is -2.39. The maximum atomic E-state index is 12.1. The van der Waals surface area contributed by atoms with Crippen molar-refractivity contribution < 1.29 is 9.53 Å². The van der Waals surface area contributed by atoms with Crippen LogP contribution in [0, 0.1) is 5.92 Å². The number of carbonyl (C=O) groups is 1. The fourth-order valence-corrected chi connectivity index (χ4v) is 3.34. The molecule has 1 aromatic heterocycles. The second kappa shape index (κ2) is 9.40. The van der Waals surface area contributed by atoms with Gasteiger partial charge in [-0.2, -0.15) is 0 Å². The number of hydrogen-bond donors (Lipinski definition) is 1. The van der Waals surface area contributed by atoms with Gasteiger partial charge in [-0.05, 0) is 54.5 Å². The quantitative estimate of drug-likeness (QED) is 0.812. The van der Waals surface area contributed by atoms with Crippen molar-refractivity contribution in [1.82, 2.24) is 10.3 Å². The smallest absolute Gasteiger partial charge is 0.257 e. The third-order valence-electron chi connectivity index (χ3n) is 5.13. The summed E-state index contributed by atoms with van der Waals surface area (Å²) in [6.07, 6.45) is 5.86. The number of pyridine rings is 1. The summed E-state index contributed by atoms with van der Waals surface area (Å²) >= 11 is 0. The molecule has 2 aromatic rings. The van der Waals surface area contributed by atoms with Gasteiger partial charge in [-0.25, -0.2) is 0 Å². The first-order valence-electron chi connectivity index (χ1n) is 9.76. The van der Waals surface area contributed by atoms with Crippen LogP contribution >= 0.6 is 0 Å². The molecule has 1 fully saturated rings. The number of nitrogens with zero attached hydrogens (tertiary/aromatic N) is 2. The number of amides is 1. The molecule has 1 N–H and O–H groups in total. The van der Waals surface area contributed by atoms with E-state index >= 15 is 0 Å². The molecule has 1 aromatic carbocycles. The summed E-state index contributed by atoms with van der Waals surface area (Å²) in [6.45, 7) is 7.11. The monoisotopic (exact) mass is 367 g/mol. The number of hydrogen-bond acceptors (Lipinski definition) is 4. The molecule has 144 valence electrons. The van der Waals surface area contributed by atoms with Gasteiger partial charge in [0, 0.05) is 25.8 Å². The van der Waals surface area contributed by atoms with E-state index in [1.165, 1.54) is 11.3 Å². The number of benzene rings is 1. The van der Waals surface area contributed by atoms with Crippen LogP contribution in [0.4, 0.5) is 5.69 Å². The third-order valence-corrected chi connectivity index (χ3v) is 5.13. The molecule has 0 saturated carbocycles. The number of rotatable bonds is 7. The van der Waals surface area contributed by atoms with E-state index in [1.54, 1.807) is 6.20 Å². The van der Waals surface area contributed by atoms with Gasteiger partial charge in [0.25, 0.3) is 5.91 Å². The van der Waals surface area contributed by atoms with Gasteiger partial charge < -0.3 is 15.0 Å². The summed E-state index contributed by atoms with van der Waals surface area (Å²) in [7, 11) is 0. The van der Waals surface area contributed by atoms with Crippen LogP contribution in [0.15, 0.2) is 48.8 Å². The van der Waals surface area contributed by atoms with Crippen molar-refractivity contribution in [2.75, 3.05) is 31.1 Å². The predicted molar refractivity (Wildman–Crippen MR) is 108 cm³/mol. The second-order valence-electron chi connectivity index (χ2n) is 7.46. The maximum Gasteiger partial charge on any atom is 0.257 e. The molecule has 1 aliphatic rings. The van der Waals surface area contributed by atoms with Gasteiger partial charge in [-0.3, -0.25) is 9.78 Å². The normalized spacial score (nSPS) is 15.0. The minimum atomic E-state index is -0.0578. The first kappa shape index (κ1) is 19.2. The van der Waals surface area contributed by atoms with Crippen molar-refractivity contribution in [3.8, 4) is 5.75 Å². The Kier molecular flexibility index (Phi) is 6.69. The standard InChI is InChI=1S/C22H29N3O2/c1-17(2)19-5-7-21(8-6-19)27-16-22(26)24-14-18-9-12-25(13-10-18)20-4-3-11-23-15-20/h3-8,11,15,17-18H,9-10,12-14,16H2,1-2H3,(H,24,26). The van der Waals surface area contributed by atoms with E-state index in [4.69, 9.17) is 4.74 Å². The van der Waals surface area contributed by atoms with Crippen LogP contribution in [0.25, 0.3) is 0 Å². The average Bonchev–Trinajstić information content (AvgIpc) is 2.72. The van der Waals surface area contributed by atoms with Gasteiger partial charge in [-0.15, -0.1) is 0 Å². The first-order valence-corrected chi connectivity index (χ1v) is 9.76. The molecule has 0 unspecified atom stereocenters. The first-order chi connectivity index (χ1) is 13.1. The van der Waals surface area contributed by atoms with Crippen LogP contribution in [-0.4, -0.2) is 37.1 Å². The highest BCUT2D eigenvalue weighted by atomic mass is 16.5. The van der Waals surface area contributed by atoms with Crippen LogP contribution in [-0.2, 0) is 4.79 Å². The fourth-order valence-electron chi connectivity index (χ4n) is 3.34. The van der Waals surface area contributed by atoms with E-state index in [1.807, 2.05) is 36.5 Å². The predicted octanol–water partition coefficient (Wildman–Crippen LogP) is 3.62. The fraction of sp³-hybridized carbons (Fsp3) is 0.455. The molecule has 3 rings (SSSR count). The van der Waals surface area contributed by atoms with Gasteiger partial charge in [0.05, 0.1) is 11.9 Å². The van der Waals surface area contributed by atoms with E-state index < -0.39 is 0 Å². The van der Waals surface area contributed by atoms with Crippen LogP contribution in [0.5, 0.6) is 5.75 Å². The van der Waals surface area contributed by atoms with Gasteiger partial charge in [0.2, 0.25) is 0 Å². The van der Waals surface area contributed by atoms with E-state index in [0.717, 1.165) is 38.2 Å². The van der Waals surface area contributed by atoms with Crippen molar-refractivity contribution >= 4 is 11.6 Å². The Hall–Kier alpha value is -2.56. The lowest BCUT2D eigenvalue weighted by Gasteiger charge is -2.33. The van der Waals surface area contributed by atoms with Gasteiger partial charge in [-0.1, -0.05) is 26.0 Å². The summed E-state index contributed by atoms with van der Waals surface area (Å²) < 4.78 is 5.59. The number of ether oxygens (including phenoxy) is 1. The summed E-state index contributed by atoms with van der Waals surface area (Å²) in [5.74, 6) is 1.69. The molecule has 0 aliphatic carbocycles. The molecule has 2 heterocycles. The summed E-state index contributed by atoms with van der Waals surface area (Å²) in [4.78, 5) is 18.6. The average molecular weight is 367 g/mol. The molecule has 0 atom stereocenters. The van der Waals surface area contributed by atoms with Crippen LogP contribution in [0.3, 0.4) is 0 Å². The Labute approximate surface area is 161 Å². The summed E-state index contributed by atoms with van der Waals surface area (Å²) in [6, 6.07) is 12.0. The Morgan fingerprint density at radius 3 is 2.59 bits per heavy atom. The molecule has 0 radical (unpaired) electrons. The van der Waals surface area contributed by atoms with E-state index in [-0.39, 0.29) is 12.5 Å². The SMILES string of the molecule is CC(C)c1ccc(OCC(=O)NCC2CCN(c3cccnc3)CC2)cc1. The summed E-state index contributed by atoms with van der Waals surface area (Å²) in [5.41, 5.74) is 2.45. The van der Waals surface area contributed by atoms with E-state index in [2.05, 4.69) is 35.1 Å². The Morgan fingerprint density at radius 2 is 1.96 bits per heavy atom. The molecule has 5 heteroatoms. The molecule has 0 bridgehead atoms. The highest BCUT2D eigenvalue weighted by molar-refractivity contribution is 5.77. The molecule has 1 saturated heterocycles. The zero-order chi connectivity index (χ0) is 19.1. The zero-order valence-electron chi connectivity index (χ0n) is 16.2. The number of carbonyl (C=O) groups excluding carboxylic acids is 1. The van der Waals surface area contributed by atoms with Gasteiger partial charge >= 0.3 is 0 Å². The van der Waals surface area contributed by atoms with Crippen LogP contribution in [0.2, 0.25) is 0 Å². The minimum Gasteiger partial charge on any atom is -0.484 e. The molecule has 1 aliphatic heterocycles. The lowest BCUT2D eigenvalue weighted by atomic mass is 9.96. The molecule has 0 spiro atoms. The molecule has 27 heavy (non-hydrogen) atoms. The molecule has 1 amide bonds. The minimum absolute atomic E-state index is 0.0578. The summed E-state index contributed by atoms with van der Waals surface area (Å²) in [5, 5.41) is 3.01. The van der Waals surface area contributed by atoms with E-state index in [0.29, 0.717) is 11.8 Å². The van der Waals surface area contributed by atoms with Crippen molar-refractivity contribution in [1.29, 1.82) is 0 Å². The van der Waals surface area contributed by atoms with Crippen LogP contribution in [0.1, 0.15) is 38.2 Å². The number of piperidine rings is 1. The largest absolute Gasteiger partial charge is 0.484 e. The highest BCUT2D eigenvalue weighted by Gasteiger charge is 2.20. The number of nitrogens with one attached hydrogen (secondary N) is 1. The molecule has 5 nitrogen and oxygen atoms in total. The van der Waals surface area contributed by atoms with Gasteiger partial charge in [0.1, 0.15) is 5.75 Å².